The first-order chi connectivity index (χ1) is 6.59. The average Bonchev–Trinajstić information content (AvgIpc) is 2.12. The fraction of sp³-hybridized carbons (Fsp3) is 0.100. The van der Waals surface area contributed by atoms with Crippen molar-refractivity contribution < 1.29 is 0 Å². The van der Waals surface area contributed by atoms with Crippen molar-refractivity contribution in [1.29, 1.82) is 0 Å². The molecule has 2 nitrogen and oxygen atoms in total. The van der Waals surface area contributed by atoms with Crippen LogP contribution in [0.5, 0.6) is 0 Å². The summed E-state index contributed by atoms with van der Waals surface area (Å²) in [5.41, 5.74) is 8.42. The molecule has 0 amide bonds. The molecule has 0 saturated heterocycles. The molecule has 0 spiro atoms. The summed E-state index contributed by atoms with van der Waals surface area (Å²) in [4.78, 5) is 4.22. The molecular weight excluding hydrogens is 263 g/mol. The van der Waals surface area contributed by atoms with Crippen LogP contribution in [-0.4, -0.2) is 4.98 Å². The summed E-state index contributed by atoms with van der Waals surface area (Å²) in [7, 11) is 0. The first-order valence-corrected chi connectivity index (χ1v) is 5.26. The van der Waals surface area contributed by atoms with Crippen molar-refractivity contribution in [1.82, 2.24) is 4.98 Å². The summed E-state index contributed by atoms with van der Waals surface area (Å²) < 4.78 is 0.798. The number of benzene rings is 1. The lowest BCUT2D eigenvalue weighted by Gasteiger charge is -2.06. The van der Waals surface area contributed by atoms with Crippen molar-refractivity contribution >= 4 is 44.1 Å². The molecule has 2 rings (SSSR count). The molecule has 2 aromatic rings. The van der Waals surface area contributed by atoms with E-state index >= 15 is 0 Å². The van der Waals surface area contributed by atoms with Gasteiger partial charge < -0.3 is 5.73 Å². The van der Waals surface area contributed by atoms with E-state index in [2.05, 4.69) is 20.9 Å². The summed E-state index contributed by atoms with van der Waals surface area (Å²) in [6, 6.07) is 3.86. The number of aromatic nitrogens is 1. The van der Waals surface area contributed by atoms with E-state index in [1.807, 2.05) is 19.1 Å². The van der Waals surface area contributed by atoms with E-state index in [1.54, 1.807) is 6.20 Å². The molecular formula is C10H8BrClN2. The number of anilines is 1. The number of hydrogen-bond donors (Lipinski definition) is 1. The number of rotatable bonds is 0. The van der Waals surface area contributed by atoms with E-state index in [9.17, 15) is 0 Å². The van der Waals surface area contributed by atoms with E-state index in [-0.39, 0.29) is 0 Å². The zero-order valence-corrected chi connectivity index (χ0v) is 9.85. The normalized spacial score (nSPS) is 10.8. The molecule has 1 aromatic carbocycles. The zero-order chi connectivity index (χ0) is 10.3. The highest BCUT2D eigenvalue weighted by molar-refractivity contribution is 9.10. The van der Waals surface area contributed by atoms with Gasteiger partial charge in [0.15, 0.2) is 0 Å². The molecule has 0 radical (unpaired) electrons. The van der Waals surface area contributed by atoms with Gasteiger partial charge >= 0.3 is 0 Å². The first kappa shape index (κ1) is 9.74. The van der Waals surface area contributed by atoms with Gasteiger partial charge in [0.05, 0.1) is 20.7 Å². The number of nitrogen functional groups attached to an aromatic ring is 1. The second-order valence-corrected chi connectivity index (χ2v) is 4.42. The van der Waals surface area contributed by atoms with Crippen LogP contribution >= 0.6 is 27.5 Å². The van der Waals surface area contributed by atoms with Crippen LogP contribution in [0.2, 0.25) is 5.02 Å². The summed E-state index contributed by atoms with van der Waals surface area (Å²) in [6.07, 6.45) is 1.67. The van der Waals surface area contributed by atoms with E-state index in [0.29, 0.717) is 10.7 Å². The third-order valence-electron chi connectivity index (χ3n) is 2.06. The number of nitrogens with two attached hydrogens (primary N) is 1. The minimum absolute atomic E-state index is 0.638. The van der Waals surface area contributed by atoms with Gasteiger partial charge in [-0.15, -0.1) is 0 Å². The molecule has 0 aliphatic rings. The summed E-state index contributed by atoms with van der Waals surface area (Å²) in [6.45, 7) is 1.98. The second-order valence-electron chi connectivity index (χ2n) is 3.16. The minimum atomic E-state index is 0.638. The molecule has 14 heavy (non-hydrogen) atoms. The topological polar surface area (TPSA) is 38.9 Å². The minimum Gasteiger partial charge on any atom is -0.397 e. The molecule has 2 N–H and O–H groups in total. The summed E-state index contributed by atoms with van der Waals surface area (Å²) >= 11 is 9.39. The maximum absolute atomic E-state index is 6.05. The Morgan fingerprint density at radius 1 is 1.43 bits per heavy atom. The monoisotopic (exact) mass is 270 g/mol. The highest BCUT2D eigenvalue weighted by atomic mass is 79.9. The molecule has 1 aromatic heterocycles. The number of pyridine rings is 1. The van der Waals surface area contributed by atoms with Crippen molar-refractivity contribution in [3.05, 3.63) is 33.4 Å². The van der Waals surface area contributed by atoms with Crippen LogP contribution in [0, 0.1) is 6.92 Å². The quantitative estimate of drug-likeness (QED) is 0.796. The Morgan fingerprint density at radius 3 is 2.86 bits per heavy atom. The van der Waals surface area contributed by atoms with Crippen molar-refractivity contribution in [2.24, 2.45) is 0 Å². The van der Waals surface area contributed by atoms with E-state index in [1.165, 1.54) is 0 Å². The van der Waals surface area contributed by atoms with Crippen LogP contribution in [0.15, 0.2) is 22.8 Å². The Morgan fingerprint density at radius 2 is 2.14 bits per heavy atom. The summed E-state index contributed by atoms with van der Waals surface area (Å²) in [5, 5.41) is 1.53. The van der Waals surface area contributed by atoms with Gasteiger partial charge in [0.25, 0.3) is 0 Å². The molecule has 0 bridgehead atoms. The lowest BCUT2D eigenvalue weighted by molar-refractivity contribution is 1.38. The van der Waals surface area contributed by atoms with E-state index in [4.69, 9.17) is 17.3 Å². The first-order valence-electron chi connectivity index (χ1n) is 4.09. The van der Waals surface area contributed by atoms with Gasteiger partial charge in [0.2, 0.25) is 0 Å². The fourth-order valence-corrected chi connectivity index (χ4v) is 2.03. The van der Waals surface area contributed by atoms with Crippen LogP contribution in [0.25, 0.3) is 10.9 Å². The fourth-order valence-electron chi connectivity index (χ4n) is 1.39. The van der Waals surface area contributed by atoms with Gasteiger partial charge in [-0.2, -0.15) is 0 Å². The van der Waals surface area contributed by atoms with Crippen molar-refractivity contribution in [3.63, 3.8) is 0 Å². The molecule has 0 unspecified atom stereocenters. The smallest absolute Gasteiger partial charge is 0.0909 e. The zero-order valence-electron chi connectivity index (χ0n) is 7.51. The Balaban J connectivity index is 2.95. The van der Waals surface area contributed by atoms with Crippen molar-refractivity contribution in [2.45, 2.75) is 6.92 Å². The number of nitrogens with zero attached hydrogens (tertiary/aromatic N) is 1. The standard InChI is InChI=1S/C10H8BrClN2/c1-5-2-6-9(13)7(11)4-14-10(6)8(12)3-5/h2-4H,1H3,(H2,13,14). The Kier molecular flexibility index (Phi) is 2.37. The molecule has 72 valence electrons. The van der Waals surface area contributed by atoms with E-state index < -0.39 is 0 Å². The Hall–Kier alpha value is -0.800. The third kappa shape index (κ3) is 1.47. The molecule has 0 aliphatic heterocycles. The number of aryl methyl sites for hydroxylation is 1. The second kappa shape index (κ2) is 3.41. The molecule has 0 fully saturated rings. The predicted molar refractivity (Wildman–Crippen MR) is 63.6 cm³/mol. The van der Waals surface area contributed by atoms with Gasteiger partial charge in [0.1, 0.15) is 0 Å². The lowest BCUT2D eigenvalue weighted by Crippen LogP contribution is -1.92. The molecule has 1 heterocycles. The maximum Gasteiger partial charge on any atom is 0.0909 e. The SMILES string of the molecule is Cc1cc(Cl)c2ncc(Br)c(N)c2c1. The number of hydrogen-bond acceptors (Lipinski definition) is 2. The molecule has 0 saturated carbocycles. The maximum atomic E-state index is 6.05. The lowest BCUT2D eigenvalue weighted by atomic mass is 10.1. The number of fused-ring (bicyclic) bond motifs is 1. The van der Waals surface area contributed by atoms with Crippen LogP contribution in [-0.2, 0) is 0 Å². The highest BCUT2D eigenvalue weighted by Crippen LogP contribution is 2.31. The van der Waals surface area contributed by atoms with Crippen molar-refractivity contribution in [3.8, 4) is 0 Å². The third-order valence-corrected chi connectivity index (χ3v) is 2.98. The van der Waals surface area contributed by atoms with E-state index in [0.717, 1.165) is 20.9 Å². The van der Waals surface area contributed by atoms with Gasteiger partial charge in [-0.3, -0.25) is 4.98 Å². The summed E-state index contributed by atoms with van der Waals surface area (Å²) in [5.74, 6) is 0. The van der Waals surface area contributed by atoms with Crippen LogP contribution < -0.4 is 5.73 Å². The highest BCUT2D eigenvalue weighted by Gasteiger charge is 2.07. The van der Waals surface area contributed by atoms with Gasteiger partial charge in [0, 0.05) is 11.6 Å². The molecule has 0 atom stereocenters. The average molecular weight is 272 g/mol. The number of halogens is 2. The van der Waals surface area contributed by atoms with Gasteiger partial charge in [-0.1, -0.05) is 11.6 Å². The Labute approximate surface area is 95.2 Å². The van der Waals surface area contributed by atoms with Crippen LogP contribution in [0.1, 0.15) is 5.56 Å². The largest absolute Gasteiger partial charge is 0.397 e. The van der Waals surface area contributed by atoms with Gasteiger partial charge in [-0.05, 0) is 40.5 Å². The predicted octanol–water partition coefficient (Wildman–Crippen LogP) is 3.54. The molecule has 4 heteroatoms. The van der Waals surface area contributed by atoms with Gasteiger partial charge in [-0.25, -0.2) is 0 Å². The van der Waals surface area contributed by atoms with Crippen LogP contribution in [0.4, 0.5) is 5.69 Å². The van der Waals surface area contributed by atoms with Crippen molar-refractivity contribution in [2.75, 3.05) is 5.73 Å². The van der Waals surface area contributed by atoms with Crippen LogP contribution in [0.3, 0.4) is 0 Å². The molecule has 0 aliphatic carbocycles. The Bertz CT molecular complexity index is 511.